The van der Waals surface area contributed by atoms with Crippen molar-refractivity contribution in [3.8, 4) is 5.75 Å². The van der Waals surface area contributed by atoms with Crippen LogP contribution in [0.1, 0.15) is 12.8 Å². The summed E-state index contributed by atoms with van der Waals surface area (Å²) in [5.41, 5.74) is 1.19. The summed E-state index contributed by atoms with van der Waals surface area (Å²) in [4.78, 5) is 16.4. The zero-order valence-electron chi connectivity index (χ0n) is 12.5. The second-order valence-electron chi connectivity index (χ2n) is 5.72. The van der Waals surface area contributed by atoms with Crippen LogP contribution in [-0.4, -0.2) is 56.7 Å². The highest BCUT2D eigenvalue weighted by atomic mass is 16.5. The molecule has 2 aliphatic rings. The quantitative estimate of drug-likeness (QED) is 0.881. The highest BCUT2D eigenvalue weighted by molar-refractivity contribution is 5.78. The Morgan fingerprint density at radius 3 is 2.43 bits per heavy atom. The molecule has 1 amide bonds. The third-order valence-corrected chi connectivity index (χ3v) is 4.19. The van der Waals surface area contributed by atoms with Gasteiger partial charge < -0.3 is 19.9 Å². The molecule has 0 aromatic heterocycles. The Morgan fingerprint density at radius 2 is 1.86 bits per heavy atom. The first kappa shape index (κ1) is 14.2. The average molecular weight is 289 g/mol. The smallest absolute Gasteiger partial charge is 0.236 e. The minimum atomic E-state index is 0.233. The number of rotatable bonds is 5. The minimum Gasteiger partial charge on any atom is -0.497 e. The van der Waals surface area contributed by atoms with Crippen molar-refractivity contribution in [1.82, 2.24) is 10.2 Å². The molecule has 21 heavy (non-hydrogen) atoms. The van der Waals surface area contributed by atoms with E-state index in [0.717, 1.165) is 31.9 Å². The fourth-order valence-electron chi connectivity index (χ4n) is 2.64. The van der Waals surface area contributed by atoms with E-state index in [0.29, 0.717) is 12.6 Å². The fourth-order valence-corrected chi connectivity index (χ4v) is 2.64. The summed E-state index contributed by atoms with van der Waals surface area (Å²) in [7, 11) is 1.68. The zero-order valence-corrected chi connectivity index (χ0v) is 12.5. The van der Waals surface area contributed by atoms with Gasteiger partial charge in [-0.15, -0.1) is 0 Å². The maximum Gasteiger partial charge on any atom is 0.236 e. The van der Waals surface area contributed by atoms with E-state index in [-0.39, 0.29) is 5.91 Å². The van der Waals surface area contributed by atoms with Gasteiger partial charge in [0.1, 0.15) is 5.75 Å². The van der Waals surface area contributed by atoms with E-state index in [2.05, 4.69) is 22.3 Å². The Labute approximate surface area is 125 Å². The minimum absolute atomic E-state index is 0.233. The largest absolute Gasteiger partial charge is 0.497 e. The van der Waals surface area contributed by atoms with Gasteiger partial charge in [-0.3, -0.25) is 4.79 Å². The maximum absolute atomic E-state index is 12.1. The molecule has 1 aliphatic heterocycles. The lowest BCUT2D eigenvalue weighted by Gasteiger charge is -2.36. The molecule has 2 fully saturated rings. The number of carbonyl (C=O) groups excluding carboxylic acids is 1. The van der Waals surface area contributed by atoms with Crippen LogP contribution < -0.4 is 15.0 Å². The molecule has 5 nitrogen and oxygen atoms in total. The standard InChI is InChI=1S/C16H23N3O2/c1-21-15-6-4-14(5-7-15)18-8-10-19(11-9-18)16(20)12-17-13-2-3-13/h4-7,13,17H,2-3,8-12H2,1H3. The van der Waals surface area contributed by atoms with Crippen molar-refractivity contribution in [3.63, 3.8) is 0 Å². The molecule has 114 valence electrons. The number of hydrogen-bond acceptors (Lipinski definition) is 4. The summed E-state index contributed by atoms with van der Waals surface area (Å²) < 4.78 is 5.18. The van der Waals surface area contributed by atoms with Crippen LogP contribution in [0.4, 0.5) is 5.69 Å². The molecule has 1 aliphatic carbocycles. The van der Waals surface area contributed by atoms with E-state index >= 15 is 0 Å². The van der Waals surface area contributed by atoms with Gasteiger partial charge in [0.05, 0.1) is 13.7 Å². The normalized spacial score (nSPS) is 18.7. The van der Waals surface area contributed by atoms with Crippen molar-refractivity contribution < 1.29 is 9.53 Å². The number of carbonyl (C=O) groups is 1. The summed E-state index contributed by atoms with van der Waals surface area (Å²) in [5.74, 6) is 1.11. The molecule has 0 spiro atoms. The van der Waals surface area contributed by atoms with Gasteiger partial charge in [-0.1, -0.05) is 0 Å². The van der Waals surface area contributed by atoms with Gasteiger partial charge in [0.15, 0.2) is 0 Å². The van der Waals surface area contributed by atoms with E-state index in [1.165, 1.54) is 18.5 Å². The first-order valence-corrected chi connectivity index (χ1v) is 7.66. The number of piperazine rings is 1. The van der Waals surface area contributed by atoms with Gasteiger partial charge in [-0.05, 0) is 37.1 Å². The molecule has 3 rings (SSSR count). The average Bonchev–Trinajstić information content (AvgIpc) is 3.37. The van der Waals surface area contributed by atoms with Gasteiger partial charge >= 0.3 is 0 Å². The van der Waals surface area contributed by atoms with Crippen LogP contribution in [0.3, 0.4) is 0 Å². The molecule has 1 N–H and O–H groups in total. The van der Waals surface area contributed by atoms with Crippen molar-refractivity contribution in [3.05, 3.63) is 24.3 Å². The Morgan fingerprint density at radius 1 is 1.19 bits per heavy atom. The molecule has 1 saturated carbocycles. The summed E-state index contributed by atoms with van der Waals surface area (Å²) in [5, 5.41) is 3.29. The maximum atomic E-state index is 12.1. The number of hydrogen-bond donors (Lipinski definition) is 1. The molecule has 0 atom stereocenters. The van der Waals surface area contributed by atoms with Crippen molar-refractivity contribution in [2.45, 2.75) is 18.9 Å². The van der Waals surface area contributed by atoms with Gasteiger partial charge in [-0.25, -0.2) is 0 Å². The van der Waals surface area contributed by atoms with Gasteiger partial charge in [0, 0.05) is 37.9 Å². The summed E-state index contributed by atoms with van der Waals surface area (Å²) in [6.45, 7) is 3.88. The van der Waals surface area contributed by atoms with Crippen molar-refractivity contribution in [2.75, 3.05) is 44.7 Å². The summed E-state index contributed by atoms with van der Waals surface area (Å²) in [6.07, 6.45) is 2.44. The summed E-state index contributed by atoms with van der Waals surface area (Å²) in [6, 6.07) is 8.70. The number of anilines is 1. The molecule has 1 heterocycles. The van der Waals surface area contributed by atoms with E-state index in [1.807, 2.05) is 17.0 Å². The third-order valence-electron chi connectivity index (χ3n) is 4.19. The van der Waals surface area contributed by atoms with Gasteiger partial charge in [0.2, 0.25) is 5.91 Å². The van der Waals surface area contributed by atoms with Gasteiger partial charge in [0.25, 0.3) is 0 Å². The number of nitrogens with zero attached hydrogens (tertiary/aromatic N) is 2. The van der Waals surface area contributed by atoms with E-state index < -0.39 is 0 Å². The lowest BCUT2D eigenvalue weighted by Crippen LogP contribution is -2.51. The van der Waals surface area contributed by atoms with E-state index in [1.54, 1.807) is 7.11 Å². The van der Waals surface area contributed by atoms with Crippen molar-refractivity contribution in [2.24, 2.45) is 0 Å². The van der Waals surface area contributed by atoms with Crippen LogP contribution in [0.15, 0.2) is 24.3 Å². The number of nitrogens with one attached hydrogen (secondary N) is 1. The Kier molecular flexibility index (Phi) is 4.29. The summed E-state index contributed by atoms with van der Waals surface area (Å²) >= 11 is 0. The number of benzene rings is 1. The first-order valence-electron chi connectivity index (χ1n) is 7.66. The van der Waals surface area contributed by atoms with E-state index in [4.69, 9.17) is 4.74 Å². The fraction of sp³-hybridized carbons (Fsp3) is 0.562. The lowest BCUT2D eigenvalue weighted by atomic mass is 10.2. The molecule has 0 radical (unpaired) electrons. The van der Waals surface area contributed by atoms with Crippen molar-refractivity contribution in [1.29, 1.82) is 0 Å². The second-order valence-corrected chi connectivity index (χ2v) is 5.72. The molecule has 0 bridgehead atoms. The van der Waals surface area contributed by atoms with Crippen molar-refractivity contribution >= 4 is 11.6 Å². The number of amides is 1. The molecule has 0 unspecified atom stereocenters. The molecule has 5 heteroatoms. The van der Waals surface area contributed by atoms with Crippen LogP contribution in [0.5, 0.6) is 5.75 Å². The number of methoxy groups -OCH3 is 1. The Hall–Kier alpha value is -1.75. The molecular weight excluding hydrogens is 266 g/mol. The molecule has 1 aromatic carbocycles. The van der Waals surface area contributed by atoms with Crippen LogP contribution in [-0.2, 0) is 4.79 Å². The third kappa shape index (κ3) is 3.67. The van der Waals surface area contributed by atoms with Crippen LogP contribution in [0.25, 0.3) is 0 Å². The predicted octanol–water partition coefficient (Wildman–Crippen LogP) is 1.10. The lowest BCUT2D eigenvalue weighted by molar-refractivity contribution is -0.130. The van der Waals surface area contributed by atoms with Crippen LogP contribution in [0.2, 0.25) is 0 Å². The van der Waals surface area contributed by atoms with Crippen LogP contribution in [0, 0.1) is 0 Å². The molecular formula is C16H23N3O2. The van der Waals surface area contributed by atoms with E-state index in [9.17, 15) is 4.79 Å². The second kappa shape index (κ2) is 6.35. The van der Waals surface area contributed by atoms with Gasteiger partial charge in [-0.2, -0.15) is 0 Å². The highest BCUT2D eigenvalue weighted by Gasteiger charge is 2.24. The monoisotopic (exact) mass is 289 g/mol. The molecule has 1 saturated heterocycles. The predicted molar refractivity (Wildman–Crippen MR) is 82.8 cm³/mol. The Balaban J connectivity index is 1.48. The Bertz CT molecular complexity index is 477. The SMILES string of the molecule is COc1ccc(N2CCN(C(=O)CNC3CC3)CC2)cc1. The topological polar surface area (TPSA) is 44.8 Å². The highest BCUT2D eigenvalue weighted by Crippen LogP contribution is 2.21. The zero-order chi connectivity index (χ0) is 14.7. The van der Waals surface area contributed by atoms with Crippen LogP contribution >= 0.6 is 0 Å². The molecule has 1 aromatic rings. The number of ether oxygens (including phenoxy) is 1. The first-order chi connectivity index (χ1) is 10.3.